The third-order valence-electron chi connectivity index (χ3n) is 3.00. The molecule has 1 rings (SSSR count). The van der Waals surface area contributed by atoms with Crippen molar-refractivity contribution in [3.8, 4) is 0 Å². The SMILES string of the molecule is C/C=C1/C=C(OC)C=CN1/C(C)=C(\C)CC. The van der Waals surface area contributed by atoms with Gasteiger partial charge in [0.15, 0.2) is 0 Å². The number of hydrogen-bond acceptors (Lipinski definition) is 2. The first-order valence-corrected chi connectivity index (χ1v) is 5.69. The molecule has 0 atom stereocenters. The lowest BCUT2D eigenvalue weighted by atomic mass is 10.1. The second-order valence-electron chi connectivity index (χ2n) is 3.87. The van der Waals surface area contributed by atoms with Crippen LogP contribution in [0, 0.1) is 0 Å². The van der Waals surface area contributed by atoms with Gasteiger partial charge in [0.25, 0.3) is 0 Å². The van der Waals surface area contributed by atoms with Crippen LogP contribution >= 0.6 is 0 Å². The topological polar surface area (TPSA) is 12.5 Å². The third kappa shape index (κ3) is 2.57. The molecule has 0 aromatic rings. The van der Waals surface area contributed by atoms with Gasteiger partial charge in [-0.3, -0.25) is 0 Å². The van der Waals surface area contributed by atoms with Crippen molar-refractivity contribution in [3.63, 3.8) is 0 Å². The van der Waals surface area contributed by atoms with Crippen LogP contribution in [0.4, 0.5) is 0 Å². The zero-order valence-electron chi connectivity index (χ0n) is 10.9. The van der Waals surface area contributed by atoms with Crippen molar-refractivity contribution in [2.24, 2.45) is 0 Å². The summed E-state index contributed by atoms with van der Waals surface area (Å²) in [6, 6.07) is 0. The Balaban J connectivity index is 3.03. The van der Waals surface area contributed by atoms with E-state index in [2.05, 4.69) is 37.9 Å². The van der Waals surface area contributed by atoms with Crippen LogP contribution in [0.25, 0.3) is 0 Å². The zero-order chi connectivity index (χ0) is 12.1. The number of nitrogens with zero attached hydrogens (tertiary/aromatic N) is 1. The summed E-state index contributed by atoms with van der Waals surface area (Å²) in [5.74, 6) is 0.895. The average molecular weight is 219 g/mol. The molecular weight excluding hydrogens is 198 g/mol. The Hall–Kier alpha value is -1.44. The molecular formula is C14H21NO. The van der Waals surface area contributed by atoms with Gasteiger partial charge >= 0.3 is 0 Å². The van der Waals surface area contributed by atoms with Crippen molar-refractivity contribution in [3.05, 3.63) is 47.2 Å². The maximum absolute atomic E-state index is 5.23. The lowest BCUT2D eigenvalue weighted by Gasteiger charge is -2.27. The van der Waals surface area contributed by atoms with Gasteiger partial charge in [-0.15, -0.1) is 0 Å². The molecule has 0 amide bonds. The van der Waals surface area contributed by atoms with Crippen molar-refractivity contribution in [2.75, 3.05) is 7.11 Å². The van der Waals surface area contributed by atoms with Crippen LogP contribution in [0.2, 0.25) is 0 Å². The molecule has 1 aliphatic rings. The van der Waals surface area contributed by atoms with Gasteiger partial charge < -0.3 is 9.64 Å². The van der Waals surface area contributed by atoms with Gasteiger partial charge in [0.05, 0.1) is 7.11 Å². The van der Waals surface area contributed by atoms with Gasteiger partial charge in [-0.05, 0) is 33.3 Å². The summed E-state index contributed by atoms with van der Waals surface area (Å²) < 4.78 is 5.23. The fourth-order valence-corrected chi connectivity index (χ4v) is 1.61. The Labute approximate surface area is 98.6 Å². The van der Waals surface area contributed by atoms with Crippen LogP contribution in [-0.4, -0.2) is 12.0 Å². The first kappa shape index (κ1) is 12.6. The van der Waals surface area contributed by atoms with E-state index in [1.807, 2.05) is 19.1 Å². The lowest BCUT2D eigenvalue weighted by molar-refractivity contribution is 0.302. The second kappa shape index (κ2) is 5.59. The first-order valence-electron chi connectivity index (χ1n) is 5.69. The van der Waals surface area contributed by atoms with Crippen LogP contribution in [0.5, 0.6) is 0 Å². The minimum absolute atomic E-state index is 0.895. The van der Waals surface area contributed by atoms with Gasteiger partial charge in [-0.1, -0.05) is 18.6 Å². The minimum atomic E-state index is 0.895. The molecule has 16 heavy (non-hydrogen) atoms. The molecule has 0 bridgehead atoms. The highest BCUT2D eigenvalue weighted by atomic mass is 16.5. The summed E-state index contributed by atoms with van der Waals surface area (Å²) in [6.07, 6.45) is 9.26. The molecule has 0 saturated carbocycles. The molecule has 0 fully saturated rings. The van der Waals surface area contributed by atoms with Crippen molar-refractivity contribution in [2.45, 2.75) is 34.1 Å². The Morgan fingerprint density at radius 2 is 2.12 bits per heavy atom. The van der Waals surface area contributed by atoms with Crippen LogP contribution in [0.3, 0.4) is 0 Å². The van der Waals surface area contributed by atoms with E-state index in [4.69, 9.17) is 4.74 Å². The number of rotatable bonds is 3. The summed E-state index contributed by atoms with van der Waals surface area (Å²) in [5, 5.41) is 0. The fraction of sp³-hybridized carbons (Fsp3) is 0.429. The molecule has 0 N–H and O–H groups in total. The molecule has 0 saturated heterocycles. The van der Waals surface area contributed by atoms with Crippen LogP contribution in [0.15, 0.2) is 47.2 Å². The average Bonchev–Trinajstić information content (AvgIpc) is 2.35. The molecule has 88 valence electrons. The first-order chi connectivity index (χ1) is 7.63. The predicted octanol–water partition coefficient (Wildman–Crippen LogP) is 3.95. The Bertz CT molecular complexity index is 372. The van der Waals surface area contributed by atoms with E-state index in [0.29, 0.717) is 0 Å². The normalized spacial score (nSPS) is 19.7. The van der Waals surface area contributed by atoms with Crippen LogP contribution in [-0.2, 0) is 4.74 Å². The maximum atomic E-state index is 5.23. The lowest BCUT2D eigenvalue weighted by Crippen LogP contribution is -2.17. The van der Waals surface area contributed by atoms with Gasteiger partial charge in [0, 0.05) is 23.7 Å². The standard InChI is InChI=1S/C14H21NO/c1-6-11(3)12(4)15-9-8-14(16-5)10-13(15)7-2/h7-10H,6H2,1-5H3/b12-11+,13-7-. The molecule has 1 heterocycles. The summed E-state index contributed by atoms with van der Waals surface area (Å²) in [4.78, 5) is 2.20. The van der Waals surface area contributed by atoms with Crippen molar-refractivity contribution in [1.82, 2.24) is 4.90 Å². The summed E-state index contributed by atoms with van der Waals surface area (Å²) in [5.41, 5.74) is 3.85. The monoisotopic (exact) mass is 219 g/mol. The maximum Gasteiger partial charge on any atom is 0.122 e. The van der Waals surface area contributed by atoms with E-state index in [9.17, 15) is 0 Å². The fourth-order valence-electron chi connectivity index (χ4n) is 1.61. The largest absolute Gasteiger partial charge is 0.497 e. The van der Waals surface area contributed by atoms with E-state index < -0.39 is 0 Å². The second-order valence-corrected chi connectivity index (χ2v) is 3.87. The third-order valence-corrected chi connectivity index (χ3v) is 3.00. The van der Waals surface area contributed by atoms with E-state index >= 15 is 0 Å². The molecule has 2 heteroatoms. The predicted molar refractivity (Wildman–Crippen MR) is 68.5 cm³/mol. The highest BCUT2D eigenvalue weighted by molar-refractivity contribution is 5.36. The van der Waals surface area contributed by atoms with Gasteiger partial charge in [-0.2, -0.15) is 0 Å². The Kier molecular flexibility index (Phi) is 4.41. The minimum Gasteiger partial charge on any atom is -0.497 e. The van der Waals surface area contributed by atoms with Crippen molar-refractivity contribution in [1.29, 1.82) is 0 Å². The smallest absolute Gasteiger partial charge is 0.122 e. The van der Waals surface area contributed by atoms with Crippen LogP contribution in [0.1, 0.15) is 34.1 Å². The summed E-state index contributed by atoms with van der Waals surface area (Å²) >= 11 is 0. The number of methoxy groups -OCH3 is 1. The molecule has 0 aliphatic carbocycles. The van der Waals surface area contributed by atoms with Gasteiger partial charge in [0.1, 0.15) is 5.76 Å². The van der Waals surface area contributed by atoms with Crippen molar-refractivity contribution >= 4 is 0 Å². The number of allylic oxidation sites excluding steroid dienone is 5. The van der Waals surface area contributed by atoms with E-state index in [-0.39, 0.29) is 0 Å². The van der Waals surface area contributed by atoms with Crippen LogP contribution < -0.4 is 0 Å². The Morgan fingerprint density at radius 3 is 2.62 bits per heavy atom. The molecule has 0 spiro atoms. The molecule has 0 radical (unpaired) electrons. The zero-order valence-corrected chi connectivity index (χ0v) is 10.9. The van der Waals surface area contributed by atoms with E-state index in [1.165, 1.54) is 11.3 Å². The molecule has 0 aromatic carbocycles. The Morgan fingerprint density at radius 1 is 1.44 bits per heavy atom. The number of ether oxygens (including phenoxy) is 1. The van der Waals surface area contributed by atoms with Gasteiger partial charge in [0.2, 0.25) is 0 Å². The van der Waals surface area contributed by atoms with Crippen molar-refractivity contribution < 1.29 is 4.74 Å². The number of hydrogen-bond donors (Lipinski definition) is 0. The molecule has 2 nitrogen and oxygen atoms in total. The molecule has 1 aliphatic heterocycles. The highest BCUT2D eigenvalue weighted by Crippen LogP contribution is 2.24. The quantitative estimate of drug-likeness (QED) is 0.712. The highest BCUT2D eigenvalue weighted by Gasteiger charge is 2.12. The van der Waals surface area contributed by atoms with Gasteiger partial charge in [-0.25, -0.2) is 0 Å². The summed E-state index contributed by atoms with van der Waals surface area (Å²) in [7, 11) is 1.69. The van der Waals surface area contributed by atoms with E-state index in [0.717, 1.165) is 17.9 Å². The summed E-state index contributed by atoms with van der Waals surface area (Å²) in [6.45, 7) is 8.54. The molecule has 0 unspecified atom stereocenters. The molecule has 0 aromatic heterocycles. The van der Waals surface area contributed by atoms with E-state index in [1.54, 1.807) is 7.11 Å².